The second kappa shape index (κ2) is 4.24. The van der Waals surface area contributed by atoms with Gasteiger partial charge in [-0.25, -0.2) is 0 Å². The van der Waals surface area contributed by atoms with Crippen molar-refractivity contribution in [2.24, 2.45) is 5.41 Å². The Bertz CT molecular complexity index is 128. The summed E-state index contributed by atoms with van der Waals surface area (Å²) in [6.45, 7) is 5.96. The van der Waals surface area contributed by atoms with Crippen molar-refractivity contribution in [1.82, 2.24) is 5.32 Å². The SMILES string of the molecule is CC(O)CNCC1(C)CCCC1. The molecule has 12 heavy (non-hydrogen) atoms. The third-order valence-electron chi connectivity index (χ3n) is 2.80. The van der Waals surface area contributed by atoms with E-state index in [1.54, 1.807) is 0 Å². The lowest BCUT2D eigenvalue weighted by Gasteiger charge is -2.24. The van der Waals surface area contributed by atoms with Crippen molar-refractivity contribution < 1.29 is 5.11 Å². The molecular weight excluding hydrogens is 150 g/mol. The molecule has 0 aromatic heterocycles. The quantitative estimate of drug-likeness (QED) is 0.672. The largest absolute Gasteiger partial charge is 0.392 e. The van der Waals surface area contributed by atoms with Crippen molar-refractivity contribution in [3.8, 4) is 0 Å². The minimum absolute atomic E-state index is 0.213. The molecule has 2 heteroatoms. The van der Waals surface area contributed by atoms with Crippen LogP contribution in [0.2, 0.25) is 0 Å². The summed E-state index contributed by atoms with van der Waals surface area (Å²) < 4.78 is 0. The summed E-state index contributed by atoms with van der Waals surface area (Å²) in [7, 11) is 0. The Morgan fingerprint density at radius 3 is 2.50 bits per heavy atom. The zero-order valence-corrected chi connectivity index (χ0v) is 8.27. The van der Waals surface area contributed by atoms with Gasteiger partial charge in [0.2, 0.25) is 0 Å². The molecule has 1 aliphatic carbocycles. The first-order chi connectivity index (χ1) is 5.62. The highest BCUT2D eigenvalue weighted by Crippen LogP contribution is 2.36. The predicted octanol–water partition coefficient (Wildman–Crippen LogP) is 1.54. The van der Waals surface area contributed by atoms with Gasteiger partial charge in [0, 0.05) is 13.1 Å². The van der Waals surface area contributed by atoms with Gasteiger partial charge in [-0.2, -0.15) is 0 Å². The second-order valence-corrected chi connectivity index (χ2v) is 4.50. The van der Waals surface area contributed by atoms with Crippen LogP contribution in [-0.2, 0) is 0 Å². The maximum atomic E-state index is 9.05. The van der Waals surface area contributed by atoms with Gasteiger partial charge < -0.3 is 10.4 Å². The third-order valence-corrected chi connectivity index (χ3v) is 2.80. The molecule has 1 atom stereocenters. The Morgan fingerprint density at radius 1 is 1.42 bits per heavy atom. The van der Waals surface area contributed by atoms with Crippen molar-refractivity contribution >= 4 is 0 Å². The first-order valence-electron chi connectivity index (χ1n) is 5.01. The van der Waals surface area contributed by atoms with Crippen molar-refractivity contribution in [3.63, 3.8) is 0 Å². The third kappa shape index (κ3) is 3.11. The van der Waals surface area contributed by atoms with Gasteiger partial charge in [0.1, 0.15) is 0 Å². The van der Waals surface area contributed by atoms with E-state index in [0.29, 0.717) is 5.41 Å². The monoisotopic (exact) mass is 171 g/mol. The average Bonchev–Trinajstić information content (AvgIpc) is 2.35. The van der Waals surface area contributed by atoms with Crippen LogP contribution in [0.5, 0.6) is 0 Å². The summed E-state index contributed by atoms with van der Waals surface area (Å²) in [5.74, 6) is 0. The van der Waals surface area contributed by atoms with Crippen LogP contribution in [-0.4, -0.2) is 24.3 Å². The van der Waals surface area contributed by atoms with Gasteiger partial charge >= 0.3 is 0 Å². The van der Waals surface area contributed by atoms with Crippen molar-refractivity contribution in [2.45, 2.75) is 45.6 Å². The Kier molecular flexibility index (Phi) is 3.53. The summed E-state index contributed by atoms with van der Waals surface area (Å²) in [6.07, 6.45) is 5.24. The zero-order chi connectivity index (χ0) is 9.03. The molecule has 1 aliphatic rings. The molecule has 0 saturated heterocycles. The maximum Gasteiger partial charge on any atom is 0.0636 e. The number of aliphatic hydroxyl groups is 1. The molecular formula is C10H21NO. The molecule has 0 radical (unpaired) electrons. The summed E-state index contributed by atoms with van der Waals surface area (Å²) in [5, 5.41) is 12.4. The molecule has 1 fully saturated rings. The van der Waals surface area contributed by atoms with E-state index in [1.807, 2.05) is 6.92 Å². The molecule has 0 heterocycles. The first kappa shape index (κ1) is 10.0. The molecule has 2 nitrogen and oxygen atoms in total. The summed E-state index contributed by atoms with van der Waals surface area (Å²) >= 11 is 0. The lowest BCUT2D eigenvalue weighted by Crippen LogP contribution is -2.33. The molecule has 0 aromatic carbocycles. The fourth-order valence-corrected chi connectivity index (χ4v) is 1.99. The summed E-state index contributed by atoms with van der Waals surface area (Å²) in [4.78, 5) is 0. The summed E-state index contributed by atoms with van der Waals surface area (Å²) in [6, 6.07) is 0. The molecule has 0 aliphatic heterocycles. The molecule has 72 valence electrons. The van der Waals surface area contributed by atoms with E-state index < -0.39 is 0 Å². The fraction of sp³-hybridized carbons (Fsp3) is 1.00. The first-order valence-corrected chi connectivity index (χ1v) is 5.01. The lowest BCUT2D eigenvalue weighted by molar-refractivity contribution is 0.182. The van der Waals surface area contributed by atoms with Crippen LogP contribution in [0.1, 0.15) is 39.5 Å². The van der Waals surface area contributed by atoms with Gasteiger partial charge in [-0.15, -0.1) is 0 Å². The van der Waals surface area contributed by atoms with Crippen molar-refractivity contribution in [2.75, 3.05) is 13.1 Å². The van der Waals surface area contributed by atoms with Crippen LogP contribution >= 0.6 is 0 Å². The minimum atomic E-state index is -0.213. The van der Waals surface area contributed by atoms with E-state index in [1.165, 1.54) is 25.7 Å². The van der Waals surface area contributed by atoms with E-state index in [4.69, 9.17) is 5.11 Å². The van der Waals surface area contributed by atoms with E-state index in [-0.39, 0.29) is 6.10 Å². The van der Waals surface area contributed by atoms with Gasteiger partial charge in [0.05, 0.1) is 6.10 Å². The molecule has 0 amide bonds. The zero-order valence-electron chi connectivity index (χ0n) is 8.27. The van der Waals surface area contributed by atoms with Gasteiger partial charge in [-0.05, 0) is 25.2 Å². The molecule has 0 aromatic rings. The van der Waals surface area contributed by atoms with Gasteiger partial charge in [0.15, 0.2) is 0 Å². The number of rotatable bonds is 4. The minimum Gasteiger partial charge on any atom is -0.392 e. The van der Waals surface area contributed by atoms with E-state index in [9.17, 15) is 0 Å². The van der Waals surface area contributed by atoms with Gasteiger partial charge in [-0.3, -0.25) is 0 Å². The molecule has 1 saturated carbocycles. The Hall–Kier alpha value is -0.0800. The Balaban J connectivity index is 2.13. The van der Waals surface area contributed by atoms with Crippen LogP contribution in [0.3, 0.4) is 0 Å². The molecule has 2 N–H and O–H groups in total. The van der Waals surface area contributed by atoms with Gasteiger partial charge in [-0.1, -0.05) is 19.8 Å². The number of hydrogen-bond acceptors (Lipinski definition) is 2. The predicted molar refractivity (Wildman–Crippen MR) is 51.1 cm³/mol. The van der Waals surface area contributed by atoms with E-state index in [2.05, 4.69) is 12.2 Å². The van der Waals surface area contributed by atoms with Crippen LogP contribution in [0.15, 0.2) is 0 Å². The van der Waals surface area contributed by atoms with Crippen molar-refractivity contribution in [3.05, 3.63) is 0 Å². The highest BCUT2D eigenvalue weighted by atomic mass is 16.3. The van der Waals surface area contributed by atoms with Crippen LogP contribution in [0.25, 0.3) is 0 Å². The number of aliphatic hydroxyl groups excluding tert-OH is 1. The Morgan fingerprint density at radius 2 is 2.00 bits per heavy atom. The van der Waals surface area contributed by atoms with Gasteiger partial charge in [0.25, 0.3) is 0 Å². The summed E-state index contributed by atoms with van der Waals surface area (Å²) in [5.41, 5.74) is 0.509. The van der Waals surface area contributed by atoms with Crippen LogP contribution < -0.4 is 5.32 Å². The topological polar surface area (TPSA) is 32.3 Å². The lowest BCUT2D eigenvalue weighted by atomic mass is 9.89. The van der Waals surface area contributed by atoms with E-state index >= 15 is 0 Å². The second-order valence-electron chi connectivity index (χ2n) is 4.50. The smallest absolute Gasteiger partial charge is 0.0636 e. The highest BCUT2D eigenvalue weighted by molar-refractivity contribution is 4.82. The molecule has 1 unspecified atom stereocenters. The standard InChI is InChI=1S/C10H21NO/c1-9(12)7-11-8-10(2)5-3-4-6-10/h9,11-12H,3-8H2,1-2H3. The van der Waals surface area contributed by atoms with Crippen molar-refractivity contribution in [1.29, 1.82) is 0 Å². The molecule has 0 spiro atoms. The number of nitrogens with one attached hydrogen (secondary N) is 1. The normalized spacial score (nSPS) is 24.2. The molecule has 0 bridgehead atoms. The highest BCUT2D eigenvalue weighted by Gasteiger charge is 2.27. The average molecular weight is 171 g/mol. The maximum absolute atomic E-state index is 9.05. The van der Waals surface area contributed by atoms with E-state index in [0.717, 1.165) is 13.1 Å². The molecule has 1 rings (SSSR count). The van der Waals surface area contributed by atoms with Crippen LogP contribution in [0, 0.1) is 5.41 Å². The Labute approximate surface area is 75.4 Å². The van der Waals surface area contributed by atoms with Crippen LogP contribution in [0.4, 0.5) is 0 Å². The number of hydrogen-bond donors (Lipinski definition) is 2. The fourth-order valence-electron chi connectivity index (χ4n) is 1.99.